The average molecular weight is 247 g/mol. The first-order valence-corrected chi connectivity index (χ1v) is 6.32. The van der Waals surface area contributed by atoms with Crippen LogP contribution in [0, 0.1) is 5.82 Å². The molecule has 0 aliphatic carbocycles. The normalized spacial score (nSPS) is 10.5. The van der Waals surface area contributed by atoms with Crippen molar-refractivity contribution in [1.29, 1.82) is 0 Å². The van der Waals surface area contributed by atoms with Crippen molar-refractivity contribution in [2.75, 3.05) is 6.54 Å². The second-order valence-electron chi connectivity index (χ2n) is 3.71. The summed E-state index contributed by atoms with van der Waals surface area (Å²) >= 11 is 1.64. The zero-order chi connectivity index (χ0) is 12.1. The van der Waals surface area contributed by atoms with E-state index in [1.165, 1.54) is 6.07 Å². The van der Waals surface area contributed by atoms with E-state index in [0.29, 0.717) is 13.0 Å². The number of hydrogen-bond donors (Lipinski definition) is 1. The van der Waals surface area contributed by atoms with E-state index < -0.39 is 0 Å². The van der Waals surface area contributed by atoms with Crippen molar-refractivity contribution in [3.05, 3.63) is 59.9 Å². The van der Waals surface area contributed by atoms with Crippen LogP contribution in [0.5, 0.6) is 0 Å². The number of rotatable bonds is 4. The van der Waals surface area contributed by atoms with Crippen LogP contribution in [-0.4, -0.2) is 6.54 Å². The lowest BCUT2D eigenvalue weighted by atomic mass is 10.1. The topological polar surface area (TPSA) is 26.0 Å². The lowest BCUT2D eigenvalue weighted by molar-refractivity contribution is 0.623. The van der Waals surface area contributed by atoms with Crippen LogP contribution < -0.4 is 5.73 Å². The standard InChI is InChI=1S/C14H14FNS/c15-12-6-7-14(11(10-12)8-9-16)17-13-4-2-1-3-5-13/h1-7,10H,8-9,16H2. The van der Waals surface area contributed by atoms with Gasteiger partial charge in [0.25, 0.3) is 0 Å². The molecule has 0 bridgehead atoms. The van der Waals surface area contributed by atoms with Gasteiger partial charge in [-0.2, -0.15) is 0 Å². The monoisotopic (exact) mass is 247 g/mol. The minimum Gasteiger partial charge on any atom is -0.330 e. The molecule has 0 unspecified atom stereocenters. The van der Waals surface area contributed by atoms with Gasteiger partial charge in [-0.3, -0.25) is 0 Å². The SMILES string of the molecule is NCCc1cc(F)ccc1Sc1ccccc1. The van der Waals surface area contributed by atoms with Crippen LogP contribution in [0.1, 0.15) is 5.56 Å². The van der Waals surface area contributed by atoms with Gasteiger partial charge >= 0.3 is 0 Å². The van der Waals surface area contributed by atoms with Crippen LogP contribution in [-0.2, 0) is 6.42 Å². The van der Waals surface area contributed by atoms with Gasteiger partial charge in [0, 0.05) is 9.79 Å². The molecule has 0 radical (unpaired) electrons. The Morgan fingerprint density at radius 2 is 1.82 bits per heavy atom. The molecular formula is C14H14FNS. The Kier molecular flexibility index (Phi) is 4.18. The summed E-state index contributed by atoms with van der Waals surface area (Å²) < 4.78 is 13.2. The highest BCUT2D eigenvalue weighted by atomic mass is 32.2. The fraction of sp³-hybridized carbons (Fsp3) is 0.143. The van der Waals surface area contributed by atoms with E-state index >= 15 is 0 Å². The van der Waals surface area contributed by atoms with Gasteiger partial charge in [-0.1, -0.05) is 30.0 Å². The molecule has 1 nitrogen and oxygen atoms in total. The van der Waals surface area contributed by atoms with E-state index in [0.717, 1.165) is 15.4 Å². The first-order valence-electron chi connectivity index (χ1n) is 5.51. The van der Waals surface area contributed by atoms with Crippen molar-refractivity contribution in [1.82, 2.24) is 0 Å². The predicted molar refractivity (Wildman–Crippen MR) is 69.7 cm³/mol. The van der Waals surface area contributed by atoms with Crippen LogP contribution in [0.25, 0.3) is 0 Å². The lowest BCUT2D eigenvalue weighted by Gasteiger charge is -2.08. The Morgan fingerprint density at radius 3 is 2.53 bits per heavy atom. The molecule has 0 aromatic heterocycles. The van der Waals surface area contributed by atoms with Crippen molar-refractivity contribution in [2.45, 2.75) is 16.2 Å². The number of benzene rings is 2. The number of nitrogens with two attached hydrogens (primary N) is 1. The van der Waals surface area contributed by atoms with Crippen molar-refractivity contribution in [3.8, 4) is 0 Å². The third-order valence-corrected chi connectivity index (χ3v) is 3.53. The zero-order valence-electron chi connectivity index (χ0n) is 9.40. The Bertz CT molecular complexity index is 485. The molecule has 2 N–H and O–H groups in total. The van der Waals surface area contributed by atoms with Gasteiger partial charge in [0.15, 0.2) is 0 Å². The quantitative estimate of drug-likeness (QED) is 0.895. The van der Waals surface area contributed by atoms with Crippen LogP contribution in [0.2, 0.25) is 0 Å². The molecule has 2 aromatic carbocycles. The molecule has 0 fully saturated rings. The summed E-state index contributed by atoms with van der Waals surface area (Å²) in [6.45, 7) is 0.534. The Hall–Kier alpha value is -1.32. The third-order valence-electron chi connectivity index (χ3n) is 2.41. The summed E-state index contributed by atoms with van der Waals surface area (Å²) in [5, 5.41) is 0. The summed E-state index contributed by atoms with van der Waals surface area (Å²) in [4.78, 5) is 2.22. The van der Waals surface area contributed by atoms with Gasteiger partial charge in [0.2, 0.25) is 0 Å². The van der Waals surface area contributed by atoms with Crippen molar-refractivity contribution in [2.24, 2.45) is 5.73 Å². The van der Waals surface area contributed by atoms with E-state index in [1.54, 1.807) is 17.8 Å². The first kappa shape index (κ1) is 12.1. The molecule has 2 rings (SSSR count). The third kappa shape index (κ3) is 3.32. The minimum absolute atomic E-state index is 0.203. The van der Waals surface area contributed by atoms with Crippen LogP contribution in [0.3, 0.4) is 0 Å². The summed E-state index contributed by atoms with van der Waals surface area (Å²) in [7, 11) is 0. The van der Waals surface area contributed by atoms with E-state index in [4.69, 9.17) is 5.73 Å². The molecule has 3 heteroatoms. The number of hydrogen-bond acceptors (Lipinski definition) is 2. The average Bonchev–Trinajstić information content (AvgIpc) is 2.34. The van der Waals surface area contributed by atoms with Crippen molar-refractivity contribution < 1.29 is 4.39 Å². The van der Waals surface area contributed by atoms with E-state index in [-0.39, 0.29) is 5.82 Å². The molecule has 0 spiro atoms. The highest BCUT2D eigenvalue weighted by Gasteiger charge is 2.05. The van der Waals surface area contributed by atoms with Gasteiger partial charge in [0.05, 0.1) is 0 Å². The second-order valence-corrected chi connectivity index (χ2v) is 4.82. The molecule has 0 amide bonds. The number of halogens is 1. The summed E-state index contributed by atoms with van der Waals surface area (Å²) in [6.07, 6.45) is 0.701. The van der Waals surface area contributed by atoms with Gasteiger partial charge in [-0.25, -0.2) is 4.39 Å². The molecule has 0 atom stereocenters. The lowest BCUT2D eigenvalue weighted by Crippen LogP contribution is -2.04. The highest BCUT2D eigenvalue weighted by Crippen LogP contribution is 2.30. The highest BCUT2D eigenvalue weighted by molar-refractivity contribution is 7.99. The summed E-state index contributed by atoms with van der Waals surface area (Å²) in [5.74, 6) is -0.203. The van der Waals surface area contributed by atoms with Gasteiger partial charge in [0.1, 0.15) is 5.82 Å². The van der Waals surface area contributed by atoms with Crippen molar-refractivity contribution >= 4 is 11.8 Å². The molecule has 0 saturated heterocycles. The maximum Gasteiger partial charge on any atom is 0.123 e. The maximum absolute atomic E-state index is 13.2. The maximum atomic E-state index is 13.2. The molecular weight excluding hydrogens is 233 g/mol. The second kappa shape index (κ2) is 5.84. The Morgan fingerprint density at radius 1 is 1.06 bits per heavy atom. The van der Waals surface area contributed by atoms with E-state index in [1.807, 2.05) is 36.4 Å². The van der Waals surface area contributed by atoms with Crippen molar-refractivity contribution in [3.63, 3.8) is 0 Å². The Labute approximate surface area is 105 Å². The molecule has 88 valence electrons. The van der Waals surface area contributed by atoms with Crippen LogP contribution >= 0.6 is 11.8 Å². The molecule has 0 saturated carbocycles. The minimum atomic E-state index is -0.203. The molecule has 0 aliphatic rings. The molecule has 17 heavy (non-hydrogen) atoms. The first-order chi connectivity index (χ1) is 8.29. The molecule has 2 aromatic rings. The van der Waals surface area contributed by atoms with E-state index in [9.17, 15) is 4.39 Å². The summed E-state index contributed by atoms with van der Waals surface area (Å²) in [6, 6.07) is 14.9. The zero-order valence-corrected chi connectivity index (χ0v) is 10.2. The Balaban J connectivity index is 2.26. The molecule has 0 heterocycles. The smallest absolute Gasteiger partial charge is 0.123 e. The largest absolute Gasteiger partial charge is 0.330 e. The predicted octanol–water partition coefficient (Wildman–Crippen LogP) is 3.48. The summed E-state index contributed by atoms with van der Waals surface area (Å²) in [5.41, 5.74) is 6.51. The van der Waals surface area contributed by atoms with Gasteiger partial charge in [-0.15, -0.1) is 0 Å². The van der Waals surface area contributed by atoms with Gasteiger partial charge in [-0.05, 0) is 48.9 Å². The molecule has 0 aliphatic heterocycles. The fourth-order valence-corrected chi connectivity index (χ4v) is 2.59. The van der Waals surface area contributed by atoms with Crippen LogP contribution in [0.4, 0.5) is 4.39 Å². The van der Waals surface area contributed by atoms with Gasteiger partial charge < -0.3 is 5.73 Å². The van der Waals surface area contributed by atoms with Crippen LogP contribution in [0.15, 0.2) is 58.3 Å². The van der Waals surface area contributed by atoms with E-state index in [2.05, 4.69) is 0 Å². The fourth-order valence-electron chi connectivity index (χ4n) is 1.61.